The van der Waals surface area contributed by atoms with E-state index in [0.717, 1.165) is 23.2 Å². The highest BCUT2D eigenvalue weighted by molar-refractivity contribution is 7.99. The molecule has 0 fully saturated rings. The lowest BCUT2D eigenvalue weighted by Crippen LogP contribution is -2.00. The van der Waals surface area contributed by atoms with E-state index < -0.39 is 5.97 Å². The van der Waals surface area contributed by atoms with Gasteiger partial charge in [0.2, 0.25) is 5.16 Å². The standard InChI is InChI=1S/C15H19N3O3S/c1-10(2)13-16-15(18-17-13)22-9-3-8-21-12-6-4-11(5-7-12)14(19)20/h4-7,10H,3,8-9H2,1-2H3,(H,19,20)(H,16,17,18). The Morgan fingerprint density at radius 1 is 1.36 bits per heavy atom. The van der Waals surface area contributed by atoms with Crippen molar-refractivity contribution in [3.8, 4) is 5.75 Å². The van der Waals surface area contributed by atoms with E-state index in [1.54, 1.807) is 23.9 Å². The first-order valence-corrected chi connectivity index (χ1v) is 8.06. The first-order valence-electron chi connectivity index (χ1n) is 7.07. The van der Waals surface area contributed by atoms with E-state index >= 15 is 0 Å². The number of aromatic carboxylic acids is 1. The number of hydrogen-bond donors (Lipinski definition) is 2. The molecule has 22 heavy (non-hydrogen) atoms. The zero-order valence-corrected chi connectivity index (χ0v) is 13.4. The van der Waals surface area contributed by atoms with Gasteiger partial charge < -0.3 is 9.84 Å². The van der Waals surface area contributed by atoms with Crippen LogP contribution in [0.25, 0.3) is 0 Å². The van der Waals surface area contributed by atoms with Crippen LogP contribution < -0.4 is 4.74 Å². The van der Waals surface area contributed by atoms with E-state index in [2.05, 4.69) is 29.0 Å². The van der Waals surface area contributed by atoms with E-state index in [9.17, 15) is 4.79 Å². The first-order chi connectivity index (χ1) is 10.6. The maximum atomic E-state index is 10.7. The summed E-state index contributed by atoms with van der Waals surface area (Å²) < 4.78 is 5.57. The van der Waals surface area contributed by atoms with Crippen molar-refractivity contribution in [3.63, 3.8) is 0 Å². The summed E-state index contributed by atoms with van der Waals surface area (Å²) in [5.74, 6) is 1.85. The first kappa shape index (κ1) is 16.4. The molecule has 0 aliphatic carbocycles. The lowest BCUT2D eigenvalue weighted by atomic mass is 10.2. The molecule has 6 nitrogen and oxygen atoms in total. The van der Waals surface area contributed by atoms with Crippen molar-refractivity contribution in [3.05, 3.63) is 35.7 Å². The molecule has 7 heteroatoms. The van der Waals surface area contributed by atoms with Crippen LogP contribution in [0, 0.1) is 0 Å². The Morgan fingerprint density at radius 2 is 2.09 bits per heavy atom. The number of thioether (sulfide) groups is 1. The summed E-state index contributed by atoms with van der Waals surface area (Å²) >= 11 is 1.59. The summed E-state index contributed by atoms with van der Waals surface area (Å²) in [5.41, 5.74) is 0.258. The van der Waals surface area contributed by atoms with E-state index in [-0.39, 0.29) is 5.56 Å². The van der Waals surface area contributed by atoms with Crippen LogP contribution in [0.4, 0.5) is 0 Å². The summed E-state index contributed by atoms with van der Waals surface area (Å²) in [5, 5.41) is 16.6. The minimum atomic E-state index is -0.935. The third kappa shape index (κ3) is 4.77. The van der Waals surface area contributed by atoms with Gasteiger partial charge in [0.1, 0.15) is 11.6 Å². The fourth-order valence-corrected chi connectivity index (χ4v) is 2.40. The van der Waals surface area contributed by atoms with Crippen LogP contribution in [-0.2, 0) is 0 Å². The summed E-state index contributed by atoms with van der Waals surface area (Å²) in [6.45, 7) is 4.71. The highest BCUT2D eigenvalue weighted by Crippen LogP contribution is 2.17. The van der Waals surface area contributed by atoms with E-state index in [1.807, 2.05) is 0 Å². The molecule has 2 N–H and O–H groups in total. The molecule has 0 spiro atoms. The molecule has 118 valence electrons. The number of nitrogens with zero attached hydrogens (tertiary/aromatic N) is 2. The molecular weight excluding hydrogens is 302 g/mol. The summed E-state index contributed by atoms with van der Waals surface area (Å²) in [7, 11) is 0. The van der Waals surface area contributed by atoms with Gasteiger partial charge in [0.15, 0.2) is 0 Å². The van der Waals surface area contributed by atoms with Gasteiger partial charge in [-0.25, -0.2) is 9.78 Å². The lowest BCUT2D eigenvalue weighted by molar-refractivity contribution is 0.0697. The number of carboxylic acid groups (broad SMARTS) is 1. The average Bonchev–Trinajstić information content (AvgIpc) is 2.96. The number of nitrogens with one attached hydrogen (secondary N) is 1. The molecule has 1 aromatic carbocycles. The predicted octanol–water partition coefficient (Wildman–Crippen LogP) is 3.19. The number of H-pyrrole nitrogens is 1. The lowest BCUT2D eigenvalue weighted by Gasteiger charge is -2.05. The van der Waals surface area contributed by atoms with Crippen molar-refractivity contribution in [2.75, 3.05) is 12.4 Å². The Morgan fingerprint density at radius 3 is 2.68 bits per heavy atom. The molecule has 0 atom stereocenters. The summed E-state index contributed by atoms with van der Waals surface area (Å²) in [4.78, 5) is 15.1. The van der Waals surface area contributed by atoms with Crippen LogP contribution in [0.5, 0.6) is 5.75 Å². The van der Waals surface area contributed by atoms with Crippen molar-refractivity contribution in [1.29, 1.82) is 0 Å². The second kappa shape index (κ2) is 7.84. The Hall–Kier alpha value is -2.02. The molecular formula is C15H19N3O3S. The Balaban J connectivity index is 1.67. The van der Waals surface area contributed by atoms with E-state index in [4.69, 9.17) is 9.84 Å². The molecule has 0 saturated carbocycles. The number of carbonyl (C=O) groups is 1. The zero-order chi connectivity index (χ0) is 15.9. The van der Waals surface area contributed by atoms with Gasteiger partial charge in [-0.2, -0.15) is 0 Å². The molecule has 2 rings (SSSR count). The van der Waals surface area contributed by atoms with E-state index in [0.29, 0.717) is 18.3 Å². The zero-order valence-electron chi connectivity index (χ0n) is 12.6. The van der Waals surface area contributed by atoms with Gasteiger partial charge in [0.25, 0.3) is 0 Å². The number of hydrogen-bond acceptors (Lipinski definition) is 5. The van der Waals surface area contributed by atoms with Gasteiger partial charge >= 0.3 is 5.97 Å². The van der Waals surface area contributed by atoms with Crippen molar-refractivity contribution in [1.82, 2.24) is 15.2 Å². The monoisotopic (exact) mass is 321 g/mol. The largest absolute Gasteiger partial charge is 0.494 e. The van der Waals surface area contributed by atoms with Gasteiger partial charge in [0.05, 0.1) is 12.2 Å². The van der Waals surface area contributed by atoms with Crippen LogP contribution in [-0.4, -0.2) is 38.6 Å². The Labute approximate surface area is 133 Å². The maximum Gasteiger partial charge on any atom is 0.335 e. The minimum absolute atomic E-state index is 0.258. The molecule has 0 bridgehead atoms. The molecule has 0 unspecified atom stereocenters. The summed E-state index contributed by atoms with van der Waals surface area (Å²) in [6.07, 6.45) is 0.858. The van der Waals surface area contributed by atoms with Crippen molar-refractivity contribution < 1.29 is 14.6 Å². The molecule has 1 heterocycles. The molecule has 0 saturated heterocycles. The number of carboxylic acids is 1. The van der Waals surface area contributed by atoms with E-state index in [1.165, 1.54) is 12.1 Å². The molecule has 2 aromatic rings. The van der Waals surface area contributed by atoms with Crippen LogP contribution in [0.2, 0.25) is 0 Å². The van der Waals surface area contributed by atoms with Crippen molar-refractivity contribution in [2.24, 2.45) is 0 Å². The van der Waals surface area contributed by atoms with Gasteiger partial charge in [-0.15, -0.1) is 5.10 Å². The number of aromatic amines is 1. The predicted molar refractivity (Wildman–Crippen MR) is 84.7 cm³/mol. The number of ether oxygens (including phenoxy) is 1. The maximum absolute atomic E-state index is 10.7. The van der Waals surface area contributed by atoms with Gasteiger partial charge in [-0.1, -0.05) is 25.6 Å². The smallest absolute Gasteiger partial charge is 0.335 e. The van der Waals surface area contributed by atoms with Crippen LogP contribution >= 0.6 is 11.8 Å². The Bertz CT molecular complexity index is 611. The average molecular weight is 321 g/mol. The van der Waals surface area contributed by atoms with Crippen LogP contribution in [0.1, 0.15) is 42.4 Å². The number of benzene rings is 1. The quantitative estimate of drug-likeness (QED) is 0.573. The minimum Gasteiger partial charge on any atom is -0.494 e. The fourth-order valence-electron chi connectivity index (χ4n) is 1.69. The topological polar surface area (TPSA) is 88.1 Å². The van der Waals surface area contributed by atoms with Crippen molar-refractivity contribution >= 4 is 17.7 Å². The Kier molecular flexibility index (Phi) is 5.83. The highest BCUT2D eigenvalue weighted by Gasteiger charge is 2.07. The summed E-state index contributed by atoms with van der Waals surface area (Å²) in [6, 6.07) is 6.41. The molecule has 0 radical (unpaired) electrons. The SMILES string of the molecule is CC(C)c1nc(SCCCOc2ccc(C(=O)O)cc2)n[nH]1. The van der Waals surface area contributed by atoms with Gasteiger partial charge in [-0.05, 0) is 30.7 Å². The van der Waals surface area contributed by atoms with Gasteiger partial charge in [0, 0.05) is 11.7 Å². The molecule has 1 aromatic heterocycles. The van der Waals surface area contributed by atoms with Gasteiger partial charge in [-0.3, -0.25) is 5.10 Å². The van der Waals surface area contributed by atoms with Crippen molar-refractivity contribution in [2.45, 2.75) is 31.3 Å². The number of rotatable bonds is 8. The second-order valence-electron chi connectivity index (χ2n) is 5.04. The normalized spacial score (nSPS) is 10.9. The fraction of sp³-hybridized carbons (Fsp3) is 0.400. The van der Waals surface area contributed by atoms with Crippen LogP contribution in [0.15, 0.2) is 29.4 Å². The van der Waals surface area contributed by atoms with Crippen LogP contribution in [0.3, 0.4) is 0 Å². The second-order valence-corrected chi connectivity index (χ2v) is 6.10. The highest BCUT2D eigenvalue weighted by atomic mass is 32.2. The molecule has 0 aliphatic heterocycles. The molecule has 0 aliphatic rings. The third-order valence-corrected chi connectivity index (χ3v) is 3.85. The number of aromatic nitrogens is 3. The molecule has 0 amide bonds. The third-order valence-electron chi connectivity index (χ3n) is 2.92.